The van der Waals surface area contributed by atoms with Crippen LogP contribution in [-0.4, -0.2) is 5.78 Å². The van der Waals surface area contributed by atoms with Gasteiger partial charge >= 0.3 is 0 Å². The third-order valence-electron chi connectivity index (χ3n) is 2.71. The second kappa shape index (κ2) is 5.49. The van der Waals surface area contributed by atoms with Crippen LogP contribution >= 0.6 is 11.6 Å². The Morgan fingerprint density at radius 2 is 1.74 bits per heavy atom. The predicted octanol–water partition coefficient (Wildman–Crippen LogP) is 4.35. The number of halogens is 3. The summed E-state index contributed by atoms with van der Waals surface area (Å²) in [6.07, 6.45) is -0.0859. The van der Waals surface area contributed by atoms with Crippen LogP contribution in [0.25, 0.3) is 0 Å². The summed E-state index contributed by atoms with van der Waals surface area (Å²) in [5.74, 6) is -1.66. The summed E-state index contributed by atoms with van der Waals surface area (Å²) in [5.41, 5.74) is 1.59. The molecule has 0 heterocycles. The summed E-state index contributed by atoms with van der Waals surface area (Å²) >= 11 is 5.98. The first-order chi connectivity index (χ1) is 8.95. The Labute approximate surface area is 114 Å². The van der Waals surface area contributed by atoms with E-state index >= 15 is 0 Å². The van der Waals surface area contributed by atoms with E-state index in [9.17, 15) is 13.6 Å². The molecule has 0 spiro atoms. The lowest BCUT2D eigenvalue weighted by atomic mass is 10.0. The van der Waals surface area contributed by atoms with Crippen LogP contribution in [0.15, 0.2) is 36.4 Å². The second-order valence-corrected chi connectivity index (χ2v) is 4.77. The number of carbonyl (C=O) groups excluding carboxylic acids is 1. The molecule has 2 aromatic rings. The zero-order valence-electron chi connectivity index (χ0n) is 10.2. The third kappa shape index (κ3) is 3.38. The van der Waals surface area contributed by atoms with Gasteiger partial charge in [0.25, 0.3) is 0 Å². The number of hydrogen-bond acceptors (Lipinski definition) is 1. The zero-order valence-corrected chi connectivity index (χ0v) is 11.0. The van der Waals surface area contributed by atoms with E-state index in [0.717, 1.165) is 23.8 Å². The van der Waals surface area contributed by atoms with Crippen molar-refractivity contribution >= 4 is 17.4 Å². The molecule has 0 amide bonds. The third-order valence-corrected chi connectivity index (χ3v) is 3.02. The predicted molar refractivity (Wildman–Crippen MR) is 70.6 cm³/mol. The minimum absolute atomic E-state index is 0.0859. The van der Waals surface area contributed by atoms with E-state index in [1.807, 2.05) is 6.92 Å². The number of rotatable bonds is 3. The van der Waals surface area contributed by atoms with Gasteiger partial charge in [-0.25, -0.2) is 8.78 Å². The molecule has 0 aliphatic rings. The largest absolute Gasteiger partial charge is 0.294 e. The average molecular weight is 281 g/mol. The molecule has 19 heavy (non-hydrogen) atoms. The van der Waals surface area contributed by atoms with E-state index in [1.54, 1.807) is 18.2 Å². The van der Waals surface area contributed by atoms with Gasteiger partial charge in [-0.2, -0.15) is 0 Å². The highest BCUT2D eigenvalue weighted by atomic mass is 35.5. The maximum absolute atomic E-state index is 13.0. The Morgan fingerprint density at radius 1 is 1.11 bits per heavy atom. The summed E-state index contributed by atoms with van der Waals surface area (Å²) in [6.45, 7) is 1.86. The van der Waals surface area contributed by atoms with Crippen molar-refractivity contribution < 1.29 is 13.6 Å². The first kappa shape index (κ1) is 13.7. The molecule has 4 heteroatoms. The Morgan fingerprint density at radius 3 is 2.32 bits per heavy atom. The highest BCUT2D eigenvalue weighted by Gasteiger charge is 2.12. The number of hydrogen-bond donors (Lipinski definition) is 0. The molecule has 0 saturated carbocycles. The molecule has 0 atom stereocenters. The van der Waals surface area contributed by atoms with E-state index in [2.05, 4.69) is 0 Å². The van der Waals surface area contributed by atoms with Crippen molar-refractivity contribution in [3.8, 4) is 0 Å². The van der Waals surface area contributed by atoms with Gasteiger partial charge in [-0.1, -0.05) is 17.7 Å². The van der Waals surface area contributed by atoms with Crippen LogP contribution in [0.5, 0.6) is 0 Å². The minimum atomic E-state index is -0.696. The molecule has 0 N–H and O–H groups in total. The molecule has 0 aromatic heterocycles. The fourth-order valence-electron chi connectivity index (χ4n) is 1.84. The van der Waals surface area contributed by atoms with Crippen molar-refractivity contribution in [3.05, 3.63) is 69.7 Å². The first-order valence-electron chi connectivity index (χ1n) is 5.70. The van der Waals surface area contributed by atoms with E-state index in [1.165, 1.54) is 0 Å². The minimum Gasteiger partial charge on any atom is -0.294 e. The highest BCUT2D eigenvalue weighted by Crippen LogP contribution is 2.20. The molecule has 98 valence electrons. The number of carbonyl (C=O) groups is 1. The number of benzene rings is 2. The van der Waals surface area contributed by atoms with Crippen molar-refractivity contribution in [2.45, 2.75) is 13.3 Å². The van der Waals surface area contributed by atoms with E-state index in [0.29, 0.717) is 16.1 Å². The van der Waals surface area contributed by atoms with Gasteiger partial charge in [0.15, 0.2) is 5.78 Å². The van der Waals surface area contributed by atoms with Gasteiger partial charge in [0.2, 0.25) is 0 Å². The molecule has 0 aliphatic heterocycles. The SMILES string of the molecule is Cc1ccc(C(=O)Cc2cc(F)cc(F)c2)c(Cl)c1. The summed E-state index contributed by atoms with van der Waals surface area (Å²) < 4.78 is 26.1. The van der Waals surface area contributed by atoms with Crippen LogP contribution in [-0.2, 0) is 6.42 Å². The van der Waals surface area contributed by atoms with Crippen LogP contribution in [0.1, 0.15) is 21.5 Å². The fraction of sp³-hybridized carbons (Fsp3) is 0.133. The van der Waals surface area contributed by atoms with Gasteiger partial charge in [0.05, 0.1) is 5.02 Å². The lowest BCUT2D eigenvalue weighted by Crippen LogP contribution is -2.05. The summed E-state index contributed by atoms with van der Waals surface area (Å²) in [7, 11) is 0. The monoisotopic (exact) mass is 280 g/mol. The molecule has 2 aromatic carbocycles. The van der Waals surface area contributed by atoms with Crippen LogP contribution in [0, 0.1) is 18.6 Å². The molecule has 0 fully saturated rings. The summed E-state index contributed by atoms with van der Waals surface area (Å²) in [4.78, 5) is 12.0. The Hall–Kier alpha value is -1.74. The van der Waals surface area contributed by atoms with Gasteiger partial charge in [-0.15, -0.1) is 0 Å². The number of ketones is 1. The molecule has 0 unspecified atom stereocenters. The molecule has 1 nitrogen and oxygen atoms in total. The van der Waals surface area contributed by atoms with Crippen LogP contribution in [0.2, 0.25) is 5.02 Å². The molecular weight excluding hydrogens is 270 g/mol. The van der Waals surface area contributed by atoms with Crippen LogP contribution in [0.3, 0.4) is 0 Å². The number of aryl methyl sites for hydroxylation is 1. The Balaban J connectivity index is 2.25. The lowest BCUT2D eigenvalue weighted by Gasteiger charge is -2.05. The second-order valence-electron chi connectivity index (χ2n) is 4.36. The van der Waals surface area contributed by atoms with Crippen molar-refractivity contribution in [2.24, 2.45) is 0 Å². The van der Waals surface area contributed by atoms with Gasteiger partial charge in [-0.05, 0) is 42.3 Å². The lowest BCUT2D eigenvalue weighted by molar-refractivity contribution is 0.0993. The van der Waals surface area contributed by atoms with Crippen molar-refractivity contribution in [2.75, 3.05) is 0 Å². The van der Waals surface area contributed by atoms with Crippen molar-refractivity contribution in [1.82, 2.24) is 0 Å². The molecule has 0 bridgehead atoms. The maximum atomic E-state index is 13.0. The number of Topliss-reactive ketones (excluding diaryl/α,β-unsaturated/α-hetero) is 1. The Bertz CT molecular complexity index is 618. The summed E-state index contributed by atoms with van der Waals surface area (Å²) in [6, 6.07) is 8.13. The standard InChI is InChI=1S/C15H11ClF2O/c1-9-2-3-13(14(16)4-9)15(19)7-10-5-11(17)8-12(18)6-10/h2-6,8H,7H2,1H3. The van der Waals surface area contributed by atoms with Crippen molar-refractivity contribution in [1.29, 1.82) is 0 Å². The first-order valence-corrected chi connectivity index (χ1v) is 6.08. The quantitative estimate of drug-likeness (QED) is 0.764. The fourth-order valence-corrected chi connectivity index (χ4v) is 2.18. The Kier molecular flexibility index (Phi) is 3.96. The molecule has 2 rings (SSSR count). The molecular formula is C15H11ClF2O. The van der Waals surface area contributed by atoms with Gasteiger partial charge in [-0.3, -0.25) is 4.79 Å². The topological polar surface area (TPSA) is 17.1 Å². The molecule has 0 radical (unpaired) electrons. The van der Waals surface area contributed by atoms with Crippen LogP contribution in [0.4, 0.5) is 8.78 Å². The zero-order chi connectivity index (χ0) is 14.0. The van der Waals surface area contributed by atoms with Gasteiger partial charge in [0.1, 0.15) is 11.6 Å². The summed E-state index contributed by atoms with van der Waals surface area (Å²) in [5, 5.41) is 0.349. The smallest absolute Gasteiger partial charge is 0.168 e. The van der Waals surface area contributed by atoms with Gasteiger partial charge < -0.3 is 0 Å². The average Bonchev–Trinajstić information content (AvgIpc) is 2.26. The highest BCUT2D eigenvalue weighted by molar-refractivity contribution is 6.34. The maximum Gasteiger partial charge on any atom is 0.168 e. The molecule has 0 aliphatic carbocycles. The van der Waals surface area contributed by atoms with Crippen LogP contribution < -0.4 is 0 Å². The van der Waals surface area contributed by atoms with E-state index in [4.69, 9.17) is 11.6 Å². The normalized spacial score (nSPS) is 10.5. The van der Waals surface area contributed by atoms with Gasteiger partial charge in [0, 0.05) is 18.1 Å². The molecule has 0 saturated heterocycles. The van der Waals surface area contributed by atoms with Crippen molar-refractivity contribution in [3.63, 3.8) is 0 Å². The van der Waals surface area contributed by atoms with E-state index in [-0.39, 0.29) is 12.2 Å². The van der Waals surface area contributed by atoms with E-state index < -0.39 is 11.6 Å².